The minimum Gasteiger partial charge on any atom is -0.316 e. The summed E-state index contributed by atoms with van der Waals surface area (Å²) < 4.78 is 0. The smallest absolute Gasteiger partial charge is 0.0131 e. The average Bonchev–Trinajstić information content (AvgIpc) is 1.80. The van der Waals surface area contributed by atoms with Crippen LogP contribution in [0.25, 0.3) is 0 Å². The van der Waals surface area contributed by atoms with Gasteiger partial charge in [0, 0.05) is 6.54 Å². The molecule has 0 unspecified atom stereocenters. The summed E-state index contributed by atoms with van der Waals surface area (Å²) in [5, 5.41) is 3.05. The number of hydrogen-bond donors (Lipinski definition) is 1. The van der Waals surface area contributed by atoms with Gasteiger partial charge in [0.05, 0.1) is 0 Å². The van der Waals surface area contributed by atoms with Crippen LogP contribution in [0.1, 0.15) is 20.3 Å². The topological polar surface area (TPSA) is 12.0 Å². The van der Waals surface area contributed by atoms with E-state index in [1.54, 1.807) is 0 Å². The summed E-state index contributed by atoms with van der Waals surface area (Å²) in [4.78, 5) is 0. The van der Waals surface area contributed by atoms with Crippen molar-refractivity contribution in [3.63, 3.8) is 0 Å². The Balaban J connectivity index is 3.04. The van der Waals surface area contributed by atoms with Gasteiger partial charge >= 0.3 is 0 Å². The molecule has 1 nitrogen and oxygen atoms in total. The van der Waals surface area contributed by atoms with Gasteiger partial charge in [0.1, 0.15) is 0 Å². The highest BCUT2D eigenvalue weighted by Gasteiger charge is 1.85. The van der Waals surface area contributed by atoms with Crippen molar-refractivity contribution < 1.29 is 0 Å². The highest BCUT2D eigenvalue weighted by Crippen LogP contribution is 1.98. The molecular weight excluding hydrogens is 110 g/mol. The maximum atomic E-state index is 3.05. The summed E-state index contributed by atoms with van der Waals surface area (Å²) >= 11 is 0. The van der Waals surface area contributed by atoms with Crippen molar-refractivity contribution in [1.82, 2.24) is 5.32 Å². The molecule has 0 saturated heterocycles. The maximum Gasteiger partial charge on any atom is 0.0131 e. The molecule has 0 bridgehead atoms. The second kappa shape index (κ2) is 5.83. The standard InChI is InChI=1S/C8H17N/c1-8(2)6-4-5-7-9-3/h4-5,8-9H,6-7H2,1-3H3/b5-4+. The van der Waals surface area contributed by atoms with Crippen LogP contribution in [0, 0.1) is 5.92 Å². The van der Waals surface area contributed by atoms with Crippen molar-refractivity contribution in [3.8, 4) is 0 Å². The van der Waals surface area contributed by atoms with Gasteiger partial charge in [-0.1, -0.05) is 26.0 Å². The minimum atomic E-state index is 0.790. The van der Waals surface area contributed by atoms with E-state index in [1.807, 2.05) is 7.05 Å². The molecule has 1 heteroatoms. The van der Waals surface area contributed by atoms with Crippen molar-refractivity contribution >= 4 is 0 Å². The molecule has 0 aromatic rings. The molecule has 0 fully saturated rings. The second-order valence-corrected chi connectivity index (χ2v) is 2.66. The van der Waals surface area contributed by atoms with Gasteiger partial charge in [0.25, 0.3) is 0 Å². The van der Waals surface area contributed by atoms with Crippen LogP contribution in [-0.2, 0) is 0 Å². The molecule has 54 valence electrons. The second-order valence-electron chi connectivity index (χ2n) is 2.66. The van der Waals surface area contributed by atoms with E-state index in [0.29, 0.717) is 0 Å². The lowest BCUT2D eigenvalue weighted by Gasteiger charge is -1.95. The predicted octanol–water partition coefficient (Wildman–Crippen LogP) is 1.81. The van der Waals surface area contributed by atoms with Gasteiger partial charge in [-0.3, -0.25) is 0 Å². The summed E-state index contributed by atoms with van der Waals surface area (Å²) in [6, 6.07) is 0. The quantitative estimate of drug-likeness (QED) is 0.568. The van der Waals surface area contributed by atoms with Crippen molar-refractivity contribution in [2.24, 2.45) is 5.92 Å². The third kappa shape index (κ3) is 7.70. The van der Waals surface area contributed by atoms with E-state index in [-0.39, 0.29) is 0 Å². The first-order valence-electron chi connectivity index (χ1n) is 3.57. The zero-order chi connectivity index (χ0) is 7.11. The van der Waals surface area contributed by atoms with Crippen LogP contribution >= 0.6 is 0 Å². The average molecular weight is 127 g/mol. The molecule has 0 aromatic heterocycles. The molecule has 0 aliphatic carbocycles. The van der Waals surface area contributed by atoms with Crippen LogP contribution in [0.3, 0.4) is 0 Å². The van der Waals surface area contributed by atoms with Crippen LogP contribution in [-0.4, -0.2) is 13.6 Å². The summed E-state index contributed by atoms with van der Waals surface area (Å²) in [7, 11) is 1.96. The molecule has 0 amide bonds. The Hall–Kier alpha value is -0.300. The lowest BCUT2D eigenvalue weighted by Crippen LogP contribution is -2.03. The lowest BCUT2D eigenvalue weighted by molar-refractivity contribution is 0.662. The Morgan fingerprint density at radius 1 is 1.33 bits per heavy atom. The molecule has 0 saturated carbocycles. The van der Waals surface area contributed by atoms with Gasteiger partial charge in [-0.05, 0) is 19.4 Å². The highest BCUT2D eigenvalue weighted by atomic mass is 14.8. The summed E-state index contributed by atoms with van der Waals surface area (Å²) in [6.45, 7) is 5.44. The minimum absolute atomic E-state index is 0.790. The van der Waals surface area contributed by atoms with Gasteiger partial charge in [0.15, 0.2) is 0 Å². The van der Waals surface area contributed by atoms with E-state index >= 15 is 0 Å². The van der Waals surface area contributed by atoms with Gasteiger partial charge in [-0.15, -0.1) is 0 Å². The van der Waals surface area contributed by atoms with Crippen molar-refractivity contribution in [1.29, 1.82) is 0 Å². The largest absolute Gasteiger partial charge is 0.316 e. The Bertz CT molecular complexity index is 74.6. The van der Waals surface area contributed by atoms with E-state index in [1.165, 1.54) is 6.42 Å². The predicted molar refractivity (Wildman–Crippen MR) is 42.5 cm³/mol. The van der Waals surface area contributed by atoms with Crippen LogP contribution in [0.5, 0.6) is 0 Å². The van der Waals surface area contributed by atoms with Crippen molar-refractivity contribution in [2.75, 3.05) is 13.6 Å². The zero-order valence-corrected chi connectivity index (χ0v) is 6.65. The molecule has 0 atom stereocenters. The van der Waals surface area contributed by atoms with E-state index in [2.05, 4.69) is 31.3 Å². The van der Waals surface area contributed by atoms with Crippen molar-refractivity contribution in [2.45, 2.75) is 20.3 Å². The van der Waals surface area contributed by atoms with Crippen molar-refractivity contribution in [3.05, 3.63) is 12.2 Å². The molecule has 0 aromatic carbocycles. The fourth-order valence-corrected chi connectivity index (χ4v) is 0.570. The van der Waals surface area contributed by atoms with E-state index in [0.717, 1.165) is 12.5 Å². The SMILES string of the molecule is CNC/C=C/CC(C)C. The summed E-state index contributed by atoms with van der Waals surface area (Å²) in [6.07, 6.45) is 5.59. The van der Waals surface area contributed by atoms with Crippen LogP contribution in [0.4, 0.5) is 0 Å². The molecule has 0 aliphatic heterocycles. The van der Waals surface area contributed by atoms with E-state index in [9.17, 15) is 0 Å². The number of hydrogen-bond acceptors (Lipinski definition) is 1. The Labute approximate surface area is 58.2 Å². The number of allylic oxidation sites excluding steroid dienone is 1. The monoisotopic (exact) mass is 127 g/mol. The fraction of sp³-hybridized carbons (Fsp3) is 0.750. The number of rotatable bonds is 4. The van der Waals surface area contributed by atoms with Gasteiger partial charge in [-0.2, -0.15) is 0 Å². The molecule has 0 radical (unpaired) electrons. The third-order valence-corrected chi connectivity index (χ3v) is 1.10. The van der Waals surface area contributed by atoms with Crippen LogP contribution < -0.4 is 5.32 Å². The molecule has 0 aliphatic rings. The molecule has 1 N–H and O–H groups in total. The summed E-state index contributed by atoms with van der Waals surface area (Å²) in [5.41, 5.74) is 0. The first kappa shape index (κ1) is 8.70. The highest BCUT2D eigenvalue weighted by molar-refractivity contribution is 4.83. The fourth-order valence-electron chi connectivity index (χ4n) is 0.570. The summed E-state index contributed by atoms with van der Waals surface area (Å²) in [5.74, 6) is 0.790. The maximum absolute atomic E-state index is 3.05. The Morgan fingerprint density at radius 2 is 2.00 bits per heavy atom. The third-order valence-electron chi connectivity index (χ3n) is 1.10. The Morgan fingerprint density at radius 3 is 2.44 bits per heavy atom. The number of nitrogens with one attached hydrogen (secondary N) is 1. The van der Waals surface area contributed by atoms with Gasteiger partial charge < -0.3 is 5.32 Å². The van der Waals surface area contributed by atoms with Crippen LogP contribution in [0.15, 0.2) is 12.2 Å². The zero-order valence-electron chi connectivity index (χ0n) is 6.65. The molecule has 0 heterocycles. The van der Waals surface area contributed by atoms with E-state index in [4.69, 9.17) is 0 Å². The molecule has 0 rings (SSSR count). The number of likely N-dealkylation sites (N-methyl/N-ethyl adjacent to an activating group) is 1. The van der Waals surface area contributed by atoms with Gasteiger partial charge in [0.2, 0.25) is 0 Å². The lowest BCUT2D eigenvalue weighted by atomic mass is 10.1. The molecule has 0 spiro atoms. The normalized spacial score (nSPS) is 11.6. The van der Waals surface area contributed by atoms with Gasteiger partial charge in [-0.25, -0.2) is 0 Å². The Kier molecular flexibility index (Phi) is 5.64. The first-order valence-corrected chi connectivity index (χ1v) is 3.57. The molecule has 9 heavy (non-hydrogen) atoms. The van der Waals surface area contributed by atoms with Crippen LogP contribution in [0.2, 0.25) is 0 Å². The molecular formula is C8H17N. The van der Waals surface area contributed by atoms with E-state index < -0.39 is 0 Å². The first-order chi connectivity index (χ1) is 4.27.